The first-order valence-electron chi connectivity index (χ1n) is 8.09. The average Bonchev–Trinajstić information content (AvgIpc) is 3.24. The van der Waals surface area contributed by atoms with Crippen molar-refractivity contribution in [3.63, 3.8) is 0 Å². The molecule has 5 nitrogen and oxygen atoms in total. The quantitative estimate of drug-likeness (QED) is 0.673. The first-order chi connectivity index (χ1) is 11.7. The minimum absolute atomic E-state index is 0.00624. The van der Waals surface area contributed by atoms with E-state index in [2.05, 4.69) is 5.16 Å². The molecule has 0 amide bonds. The molecule has 1 fully saturated rings. The Morgan fingerprint density at radius 2 is 2.25 bits per heavy atom. The third-order valence-electron chi connectivity index (χ3n) is 4.05. The van der Waals surface area contributed by atoms with E-state index in [0.29, 0.717) is 35.4 Å². The Morgan fingerprint density at radius 1 is 1.33 bits per heavy atom. The van der Waals surface area contributed by atoms with Gasteiger partial charge >= 0.3 is 0 Å². The van der Waals surface area contributed by atoms with E-state index in [1.165, 1.54) is 0 Å². The molecule has 0 aliphatic carbocycles. The van der Waals surface area contributed by atoms with E-state index in [1.807, 2.05) is 24.3 Å². The number of hydrogen-bond donors (Lipinski definition) is 0. The summed E-state index contributed by atoms with van der Waals surface area (Å²) < 4.78 is 16.1. The number of benzene rings is 1. The number of rotatable bonds is 8. The van der Waals surface area contributed by atoms with Gasteiger partial charge in [-0.1, -0.05) is 28.9 Å². The summed E-state index contributed by atoms with van der Waals surface area (Å²) in [5.74, 6) is 1.04. The Labute approximate surface area is 145 Å². The minimum atomic E-state index is 0.00624. The predicted octanol–water partition coefficient (Wildman–Crippen LogP) is 4.04. The van der Waals surface area contributed by atoms with E-state index in [-0.39, 0.29) is 12.4 Å². The number of ether oxygens (including phenoxy) is 2. The van der Waals surface area contributed by atoms with Crippen LogP contribution in [0.3, 0.4) is 0 Å². The second-order valence-corrected chi connectivity index (χ2v) is 6.43. The molecule has 0 N–H and O–H groups in total. The number of Topliss-reactive ketones (excluding diaryl/α,β-unsaturated/α-hetero) is 1. The van der Waals surface area contributed by atoms with Crippen molar-refractivity contribution in [2.45, 2.75) is 32.5 Å². The summed E-state index contributed by atoms with van der Waals surface area (Å²) in [5.41, 5.74) is 1.35. The van der Waals surface area contributed by atoms with Crippen LogP contribution in [-0.2, 0) is 22.7 Å². The molecule has 1 aliphatic heterocycles. The van der Waals surface area contributed by atoms with Gasteiger partial charge in [0.15, 0.2) is 11.5 Å². The molecule has 1 saturated heterocycles. The van der Waals surface area contributed by atoms with Gasteiger partial charge in [-0.2, -0.15) is 0 Å². The number of nitrogens with zero attached hydrogens (tertiary/aromatic N) is 1. The summed E-state index contributed by atoms with van der Waals surface area (Å²) in [6, 6.07) is 9.14. The fourth-order valence-corrected chi connectivity index (χ4v) is 2.90. The fraction of sp³-hybridized carbons (Fsp3) is 0.444. The average molecular weight is 350 g/mol. The molecule has 128 valence electrons. The van der Waals surface area contributed by atoms with Gasteiger partial charge in [0.1, 0.15) is 12.3 Å². The van der Waals surface area contributed by atoms with Crippen LogP contribution in [0.25, 0.3) is 0 Å². The highest BCUT2D eigenvalue weighted by molar-refractivity contribution is 6.30. The number of halogens is 1. The normalized spacial score (nSPS) is 17.3. The minimum Gasteiger partial charge on any atom is -0.381 e. The SMILES string of the molecule is O=C(CCC1CCOC1)c1cc(COCc2cccc(Cl)c2)on1. The van der Waals surface area contributed by atoms with Gasteiger partial charge in [-0.15, -0.1) is 0 Å². The van der Waals surface area contributed by atoms with Crippen LogP contribution >= 0.6 is 11.6 Å². The zero-order valence-corrected chi connectivity index (χ0v) is 14.1. The van der Waals surface area contributed by atoms with Gasteiger partial charge < -0.3 is 14.0 Å². The molecule has 2 aromatic rings. The van der Waals surface area contributed by atoms with Crippen molar-refractivity contribution in [2.75, 3.05) is 13.2 Å². The van der Waals surface area contributed by atoms with Crippen LogP contribution in [0.1, 0.15) is 41.1 Å². The van der Waals surface area contributed by atoms with Gasteiger partial charge in [0.05, 0.1) is 6.61 Å². The van der Waals surface area contributed by atoms with E-state index in [1.54, 1.807) is 6.07 Å². The van der Waals surface area contributed by atoms with Crippen molar-refractivity contribution in [3.8, 4) is 0 Å². The first kappa shape index (κ1) is 17.1. The zero-order chi connectivity index (χ0) is 16.8. The van der Waals surface area contributed by atoms with Crippen LogP contribution in [0.4, 0.5) is 0 Å². The summed E-state index contributed by atoms with van der Waals surface area (Å²) >= 11 is 5.93. The molecule has 1 unspecified atom stereocenters. The van der Waals surface area contributed by atoms with Crippen molar-refractivity contribution in [1.82, 2.24) is 5.16 Å². The largest absolute Gasteiger partial charge is 0.381 e. The van der Waals surface area contributed by atoms with Gasteiger partial charge in [-0.3, -0.25) is 4.79 Å². The molecule has 1 aromatic carbocycles. The third kappa shape index (κ3) is 4.90. The Morgan fingerprint density at radius 3 is 3.04 bits per heavy atom. The maximum absolute atomic E-state index is 12.1. The van der Waals surface area contributed by atoms with Crippen molar-refractivity contribution in [2.24, 2.45) is 5.92 Å². The molecule has 1 aromatic heterocycles. The second kappa shape index (κ2) is 8.42. The number of carbonyl (C=O) groups is 1. The molecule has 1 aliphatic rings. The van der Waals surface area contributed by atoms with Crippen LogP contribution < -0.4 is 0 Å². The summed E-state index contributed by atoms with van der Waals surface area (Å²) in [7, 11) is 0. The van der Waals surface area contributed by atoms with Gasteiger partial charge in [-0.25, -0.2) is 0 Å². The lowest BCUT2D eigenvalue weighted by atomic mass is 10.00. The number of carbonyl (C=O) groups excluding carboxylic acids is 1. The van der Waals surface area contributed by atoms with Crippen LogP contribution in [0, 0.1) is 5.92 Å². The maximum Gasteiger partial charge on any atom is 0.184 e. The summed E-state index contributed by atoms with van der Waals surface area (Å²) in [4.78, 5) is 12.1. The summed E-state index contributed by atoms with van der Waals surface area (Å²) in [6.45, 7) is 2.25. The van der Waals surface area contributed by atoms with E-state index in [4.69, 9.17) is 25.6 Å². The molecule has 2 heterocycles. The first-order valence-corrected chi connectivity index (χ1v) is 8.47. The lowest BCUT2D eigenvalue weighted by Crippen LogP contribution is -2.05. The van der Waals surface area contributed by atoms with Crippen LogP contribution in [0.2, 0.25) is 5.02 Å². The molecule has 3 rings (SSSR count). The van der Waals surface area contributed by atoms with E-state index in [9.17, 15) is 4.79 Å². The molecule has 0 radical (unpaired) electrons. The van der Waals surface area contributed by atoms with Crippen LogP contribution in [0.5, 0.6) is 0 Å². The number of aromatic nitrogens is 1. The topological polar surface area (TPSA) is 61.6 Å². The molecule has 1 atom stereocenters. The molecule has 24 heavy (non-hydrogen) atoms. The Hall–Kier alpha value is -1.69. The Kier molecular flexibility index (Phi) is 6.01. The van der Waals surface area contributed by atoms with Gasteiger partial charge in [-0.05, 0) is 36.5 Å². The highest BCUT2D eigenvalue weighted by Crippen LogP contribution is 2.20. The smallest absolute Gasteiger partial charge is 0.184 e. The fourth-order valence-electron chi connectivity index (χ4n) is 2.68. The summed E-state index contributed by atoms with van der Waals surface area (Å²) in [5, 5.41) is 4.52. The van der Waals surface area contributed by atoms with Gasteiger partial charge in [0.2, 0.25) is 0 Å². The molecule has 0 bridgehead atoms. The van der Waals surface area contributed by atoms with Crippen molar-refractivity contribution in [1.29, 1.82) is 0 Å². The monoisotopic (exact) mass is 349 g/mol. The Bertz CT molecular complexity index is 679. The van der Waals surface area contributed by atoms with Gasteiger partial charge in [0, 0.05) is 30.7 Å². The van der Waals surface area contributed by atoms with E-state index < -0.39 is 0 Å². The second-order valence-electron chi connectivity index (χ2n) is 5.99. The zero-order valence-electron chi connectivity index (χ0n) is 13.4. The molecule has 0 saturated carbocycles. The van der Waals surface area contributed by atoms with Crippen LogP contribution in [0.15, 0.2) is 34.9 Å². The van der Waals surface area contributed by atoms with E-state index >= 15 is 0 Å². The van der Waals surface area contributed by atoms with Crippen molar-refractivity contribution in [3.05, 3.63) is 52.4 Å². The standard InChI is InChI=1S/C18H20ClNO4/c19-15-3-1-2-14(8-15)11-23-12-16-9-17(20-24-16)18(21)5-4-13-6-7-22-10-13/h1-3,8-9,13H,4-7,10-12H2. The molecular formula is C18H20ClNO4. The predicted molar refractivity (Wildman–Crippen MR) is 88.9 cm³/mol. The molecule has 6 heteroatoms. The number of ketones is 1. The highest BCUT2D eigenvalue weighted by Gasteiger charge is 2.19. The Balaban J connectivity index is 1.43. The van der Waals surface area contributed by atoms with Gasteiger partial charge in [0.25, 0.3) is 0 Å². The molecular weight excluding hydrogens is 330 g/mol. The third-order valence-corrected chi connectivity index (χ3v) is 4.29. The van der Waals surface area contributed by atoms with Crippen molar-refractivity contribution < 1.29 is 18.8 Å². The van der Waals surface area contributed by atoms with Crippen LogP contribution in [-0.4, -0.2) is 24.2 Å². The molecule has 0 spiro atoms. The van der Waals surface area contributed by atoms with Crippen molar-refractivity contribution >= 4 is 17.4 Å². The summed E-state index contributed by atoms with van der Waals surface area (Å²) in [6.07, 6.45) is 2.35. The van der Waals surface area contributed by atoms with E-state index in [0.717, 1.165) is 31.6 Å². The maximum atomic E-state index is 12.1. The highest BCUT2D eigenvalue weighted by atomic mass is 35.5. The lowest BCUT2D eigenvalue weighted by molar-refractivity contribution is 0.0879. The number of hydrogen-bond acceptors (Lipinski definition) is 5. The lowest BCUT2D eigenvalue weighted by Gasteiger charge is -2.04.